The van der Waals surface area contributed by atoms with E-state index >= 15 is 0 Å². The summed E-state index contributed by atoms with van der Waals surface area (Å²) in [6, 6.07) is 5.62. The van der Waals surface area contributed by atoms with Crippen LogP contribution >= 0.6 is 0 Å². The number of nitro groups is 1. The molecule has 1 aromatic rings. The third-order valence-electron chi connectivity index (χ3n) is 4.72. The van der Waals surface area contributed by atoms with Crippen molar-refractivity contribution in [3.8, 4) is 0 Å². The van der Waals surface area contributed by atoms with E-state index in [9.17, 15) is 24.8 Å². The predicted molar refractivity (Wildman–Crippen MR) is 76.4 cm³/mol. The number of aliphatic hydroxyl groups excluding tert-OH is 1. The van der Waals surface area contributed by atoms with Crippen LogP contribution in [0.1, 0.15) is 0 Å². The number of amides is 2. The molecule has 8 nitrogen and oxygen atoms in total. The number of hydrogen-bond donors (Lipinski definition) is 1. The number of ether oxygens (including phenoxy) is 1. The molecule has 0 radical (unpaired) electrons. The SMILES string of the molecule is O=C1C2C3C=CC(CO)(O3)C2C(=O)N1c1ccccc1[N+](=O)[O-]. The summed E-state index contributed by atoms with van der Waals surface area (Å²) >= 11 is 0. The number of rotatable bonds is 3. The van der Waals surface area contributed by atoms with Crippen molar-refractivity contribution in [3.05, 3.63) is 46.5 Å². The minimum absolute atomic E-state index is 0.0469. The molecule has 3 heterocycles. The molecule has 0 spiro atoms. The van der Waals surface area contributed by atoms with E-state index in [0.717, 1.165) is 4.90 Å². The molecule has 2 amide bonds. The summed E-state index contributed by atoms with van der Waals surface area (Å²) in [4.78, 5) is 36.9. The molecule has 2 saturated heterocycles. The summed E-state index contributed by atoms with van der Waals surface area (Å²) in [6.07, 6.45) is 2.68. The van der Waals surface area contributed by atoms with Gasteiger partial charge in [-0.1, -0.05) is 24.3 Å². The van der Waals surface area contributed by atoms with Crippen molar-refractivity contribution in [1.82, 2.24) is 0 Å². The minimum atomic E-state index is -1.21. The smallest absolute Gasteiger partial charge is 0.293 e. The molecule has 1 N–H and O–H groups in total. The Morgan fingerprint density at radius 3 is 2.74 bits per heavy atom. The van der Waals surface area contributed by atoms with Crippen LogP contribution < -0.4 is 4.90 Å². The topological polar surface area (TPSA) is 110 Å². The van der Waals surface area contributed by atoms with E-state index in [2.05, 4.69) is 0 Å². The maximum absolute atomic E-state index is 12.8. The molecule has 4 atom stereocenters. The number of carbonyl (C=O) groups is 2. The van der Waals surface area contributed by atoms with Crippen molar-refractivity contribution in [2.75, 3.05) is 11.5 Å². The minimum Gasteiger partial charge on any atom is -0.393 e. The summed E-state index contributed by atoms with van der Waals surface area (Å²) in [6.45, 7) is -0.426. The second kappa shape index (κ2) is 4.46. The molecular formula is C15H12N2O6. The Kier molecular flexibility index (Phi) is 2.72. The lowest BCUT2D eigenvalue weighted by molar-refractivity contribution is -0.384. The van der Waals surface area contributed by atoms with Gasteiger partial charge in [0.05, 0.1) is 29.5 Å². The van der Waals surface area contributed by atoms with E-state index in [1.54, 1.807) is 12.2 Å². The second-order valence-electron chi connectivity index (χ2n) is 5.82. The number of nitrogens with zero attached hydrogens (tertiary/aromatic N) is 2. The lowest BCUT2D eigenvalue weighted by atomic mass is 9.77. The van der Waals surface area contributed by atoms with Gasteiger partial charge >= 0.3 is 0 Å². The van der Waals surface area contributed by atoms with Crippen LogP contribution in [0.15, 0.2) is 36.4 Å². The average molecular weight is 316 g/mol. The summed E-state index contributed by atoms with van der Waals surface area (Å²) < 4.78 is 5.62. The van der Waals surface area contributed by atoms with E-state index in [1.807, 2.05) is 0 Å². The van der Waals surface area contributed by atoms with E-state index in [1.165, 1.54) is 24.3 Å². The van der Waals surface area contributed by atoms with Gasteiger partial charge < -0.3 is 9.84 Å². The quantitative estimate of drug-likeness (QED) is 0.374. The van der Waals surface area contributed by atoms with Gasteiger partial charge in [0, 0.05) is 6.07 Å². The molecule has 0 aliphatic carbocycles. The molecule has 2 fully saturated rings. The third kappa shape index (κ3) is 1.61. The molecule has 8 heteroatoms. The molecule has 2 bridgehead atoms. The van der Waals surface area contributed by atoms with Crippen molar-refractivity contribution >= 4 is 23.2 Å². The van der Waals surface area contributed by atoms with Gasteiger partial charge in [-0.25, -0.2) is 4.90 Å². The fourth-order valence-corrected chi connectivity index (χ4v) is 3.73. The predicted octanol–water partition coefficient (Wildman–Crippen LogP) is 0.400. The first-order valence-corrected chi connectivity index (χ1v) is 7.09. The van der Waals surface area contributed by atoms with E-state index in [4.69, 9.17) is 4.74 Å². The van der Waals surface area contributed by atoms with E-state index < -0.39 is 46.9 Å². The number of imide groups is 1. The maximum Gasteiger partial charge on any atom is 0.293 e. The molecule has 23 heavy (non-hydrogen) atoms. The maximum atomic E-state index is 12.8. The summed E-state index contributed by atoms with van der Waals surface area (Å²) in [7, 11) is 0. The highest BCUT2D eigenvalue weighted by Crippen LogP contribution is 2.52. The first kappa shape index (κ1) is 14.0. The van der Waals surface area contributed by atoms with Crippen molar-refractivity contribution < 1.29 is 24.4 Å². The normalized spacial score (nSPS) is 34.3. The zero-order chi connectivity index (χ0) is 16.4. The molecular weight excluding hydrogens is 304 g/mol. The molecule has 4 unspecified atom stereocenters. The van der Waals surface area contributed by atoms with Crippen molar-refractivity contribution in [1.29, 1.82) is 0 Å². The van der Waals surface area contributed by atoms with Crippen LogP contribution in [0.2, 0.25) is 0 Å². The number of carbonyl (C=O) groups excluding carboxylic acids is 2. The fraction of sp³-hybridized carbons (Fsp3) is 0.333. The largest absolute Gasteiger partial charge is 0.393 e. The van der Waals surface area contributed by atoms with Gasteiger partial charge in [0.15, 0.2) is 0 Å². The second-order valence-corrected chi connectivity index (χ2v) is 5.82. The molecule has 1 aromatic carbocycles. The van der Waals surface area contributed by atoms with Crippen LogP contribution in [0, 0.1) is 22.0 Å². The van der Waals surface area contributed by atoms with Crippen LogP contribution in [0.5, 0.6) is 0 Å². The Morgan fingerprint density at radius 2 is 2.04 bits per heavy atom. The monoisotopic (exact) mass is 316 g/mol. The first-order valence-electron chi connectivity index (χ1n) is 7.09. The van der Waals surface area contributed by atoms with Gasteiger partial charge in [0.25, 0.3) is 5.69 Å². The summed E-state index contributed by atoms with van der Waals surface area (Å²) in [5.41, 5.74) is -1.57. The van der Waals surface area contributed by atoms with Crippen LogP contribution in [0.3, 0.4) is 0 Å². The Balaban J connectivity index is 1.82. The number of nitro benzene ring substituents is 1. The lowest BCUT2D eigenvalue weighted by Crippen LogP contribution is -2.43. The van der Waals surface area contributed by atoms with Gasteiger partial charge in [-0.05, 0) is 6.07 Å². The number of hydrogen-bond acceptors (Lipinski definition) is 6. The number of benzene rings is 1. The molecule has 3 aliphatic rings. The fourth-order valence-electron chi connectivity index (χ4n) is 3.73. The number of aliphatic hydroxyl groups is 1. The van der Waals surface area contributed by atoms with Crippen LogP contribution in [-0.4, -0.2) is 40.2 Å². The first-order chi connectivity index (χ1) is 11.0. The number of para-hydroxylation sites is 2. The van der Waals surface area contributed by atoms with Gasteiger partial charge in [-0.2, -0.15) is 0 Å². The lowest BCUT2D eigenvalue weighted by Gasteiger charge is -2.26. The third-order valence-corrected chi connectivity index (χ3v) is 4.72. The van der Waals surface area contributed by atoms with Crippen LogP contribution in [0.4, 0.5) is 11.4 Å². The zero-order valence-electron chi connectivity index (χ0n) is 11.8. The van der Waals surface area contributed by atoms with E-state index in [-0.39, 0.29) is 11.4 Å². The van der Waals surface area contributed by atoms with Gasteiger partial charge in [0.2, 0.25) is 11.8 Å². The van der Waals surface area contributed by atoms with Crippen LogP contribution in [-0.2, 0) is 14.3 Å². The molecule has 3 aliphatic heterocycles. The number of fused-ring (bicyclic) bond motifs is 5. The molecule has 118 valence electrons. The summed E-state index contributed by atoms with van der Waals surface area (Å²) in [5.74, 6) is -2.71. The van der Waals surface area contributed by atoms with E-state index in [0.29, 0.717) is 0 Å². The van der Waals surface area contributed by atoms with Crippen molar-refractivity contribution in [2.45, 2.75) is 11.7 Å². The zero-order valence-corrected chi connectivity index (χ0v) is 11.8. The Morgan fingerprint density at radius 1 is 1.30 bits per heavy atom. The summed E-state index contributed by atoms with van der Waals surface area (Å²) in [5, 5.41) is 20.8. The highest BCUT2D eigenvalue weighted by Gasteiger charge is 2.68. The van der Waals surface area contributed by atoms with Crippen molar-refractivity contribution in [2.24, 2.45) is 11.8 Å². The van der Waals surface area contributed by atoms with Gasteiger partial charge in [-0.15, -0.1) is 0 Å². The Labute approximate surface area is 130 Å². The Bertz CT molecular complexity index is 775. The van der Waals surface area contributed by atoms with Crippen LogP contribution in [0.25, 0.3) is 0 Å². The van der Waals surface area contributed by atoms with Gasteiger partial charge in [0.1, 0.15) is 11.3 Å². The average Bonchev–Trinajstić information content (AvgIpc) is 3.18. The standard InChI is InChI=1S/C15H12N2O6/c18-7-15-6-5-10(23-15)11-12(15)14(20)16(13(11)19)8-3-1-2-4-9(8)17(21)22/h1-6,10-12,18H,7H2. The molecule has 0 aromatic heterocycles. The number of anilines is 1. The highest BCUT2D eigenvalue weighted by atomic mass is 16.6. The van der Waals surface area contributed by atoms with Crippen molar-refractivity contribution in [3.63, 3.8) is 0 Å². The van der Waals surface area contributed by atoms with Gasteiger partial charge in [-0.3, -0.25) is 19.7 Å². The Hall–Kier alpha value is -2.58. The highest BCUT2D eigenvalue weighted by molar-refractivity contribution is 6.24. The molecule has 4 rings (SSSR count). The molecule has 0 saturated carbocycles.